The standard InChI is InChI=1S/C21H17N/c1-15-6-7-17-9-11-21(14-19(17)12-15)22-20-10-8-16-4-2-3-5-18(16)13-20/h2-14,22H,1H3. The molecule has 0 spiro atoms. The third-order valence-electron chi connectivity index (χ3n) is 4.03. The van der Waals surface area contributed by atoms with Crippen molar-refractivity contribution in [2.45, 2.75) is 6.92 Å². The molecule has 0 bridgehead atoms. The van der Waals surface area contributed by atoms with Gasteiger partial charge in [0.1, 0.15) is 0 Å². The summed E-state index contributed by atoms with van der Waals surface area (Å²) in [4.78, 5) is 0. The first-order valence-electron chi connectivity index (χ1n) is 7.54. The van der Waals surface area contributed by atoms with Crippen molar-refractivity contribution >= 4 is 32.9 Å². The normalized spacial score (nSPS) is 11.0. The second-order valence-electron chi connectivity index (χ2n) is 5.75. The van der Waals surface area contributed by atoms with Gasteiger partial charge in [0.25, 0.3) is 0 Å². The zero-order valence-corrected chi connectivity index (χ0v) is 12.5. The van der Waals surface area contributed by atoms with E-state index in [2.05, 4.69) is 91.1 Å². The lowest BCUT2D eigenvalue weighted by Gasteiger charge is -2.09. The number of benzene rings is 4. The van der Waals surface area contributed by atoms with E-state index in [4.69, 9.17) is 0 Å². The quantitative estimate of drug-likeness (QED) is 0.472. The number of anilines is 2. The van der Waals surface area contributed by atoms with E-state index in [1.807, 2.05) is 0 Å². The summed E-state index contributed by atoms with van der Waals surface area (Å²) in [6.07, 6.45) is 0. The Morgan fingerprint density at radius 3 is 1.91 bits per heavy atom. The van der Waals surface area contributed by atoms with Crippen molar-refractivity contribution in [3.8, 4) is 0 Å². The third-order valence-corrected chi connectivity index (χ3v) is 4.03. The number of nitrogens with one attached hydrogen (secondary N) is 1. The van der Waals surface area contributed by atoms with Crippen molar-refractivity contribution < 1.29 is 0 Å². The molecule has 0 heterocycles. The van der Waals surface area contributed by atoms with Crippen LogP contribution in [0.5, 0.6) is 0 Å². The Morgan fingerprint density at radius 2 is 1.14 bits per heavy atom. The van der Waals surface area contributed by atoms with E-state index >= 15 is 0 Å². The maximum atomic E-state index is 3.51. The van der Waals surface area contributed by atoms with Crippen LogP contribution in [0.25, 0.3) is 21.5 Å². The molecule has 1 heteroatoms. The second kappa shape index (κ2) is 5.19. The first-order chi connectivity index (χ1) is 10.8. The van der Waals surface area contributed by atoms with Crippen LogP contribution in [0.4, 0.5) is 11.4 Å². The topological polar surface area (TPSA) is 12.0 Å². The monoisotopic (exact) mass is 283 g/mol. The van der Waals surface area contributed by atoms with E-state index in [0.717, 1.165) is 11.4 Å². The van der Waals surface area contributed by atoms with Crippen LogP contribution in [0.15, 0.2) is 78.9 Å². The molecule has 0 unspecified atom stereocenters. The highest BCUT2D eigenvalue weighted by atomic mass is 14.9. The summed E-state index contributed by atoms with van der Waals surface area (Å²) >= 11 is 0. The van der Waals surface area contributed by atoms with Gasteiger partial charge in [-0.05, 0) is 52.7 Å². The average Bonchev–Trinajstić information content (AvgIpc) is 2.54. The van der Waals surface area contributed by atoms with Crippen molar-refractivity contribution in [3.63, 3.8) is 0 Å². The molecule has 0 fully saturated rings. The lowest BCUT2D eigenvalue weighted by molar-refractivity contribution is 1.50. The smallest absolute Gasteiger partial charge is 0.0390 e. The number of rotatable bonds is 2. The van der Waals surface area contributed by atoms with Gasteiger partial charge in [0, 0.05) is 11.4 Å². The molecule has 0 aromatic heterocycles. The first kappa shape index (κ1) is 12.9. The van der Waals surface area contributed by atoms with Gasteiger partial charge in [-0.25, -0.2) is 0 Å². The van der Waals surface area contributed by atoms with Crippen LogP contribution >= 0.6 is 0 Å². The number of hydrogen-bond acceptors (Lipinski definition) is 1. The molecule has 0 aliphatic rings. The second-order valence-corrected chi connectivity index (χ2v) is 5.75. The molecule has 0 atom stereocenters. The molecule has 0 saturated carbocycles. The molecule has 1 N–H and O–H groups in total. The lowest BCUT2D eigenvalue weighted by Crippen LogP contribution is -1.90. The maximum absolute atomic E-state index is 3.51. The van der Waals surface area contributed by atoms with E-state index in [1.165, 1.54) is 27.1 Å². The van der Waals surface area contributed by atoms with Crippen molar-refractivity contribution in [3.05, 3.63) is 84.4 Å². The first-order valence-corrected chi connectivity index (χ1v) is 7.54. The number of fused-ring (bicyclic) bond motifs is 2. The van der Waals surface area contributed by atoms with Crippen LogP contribution in [0.2, 0.25) is 0 Å². The summed E-state index contributed by atoms with van der Waals surface area (Å²) in [5.41, 5.74) is 3.52. The molecular weight excluding hydrogens is 266 g/mol. The number of hydrogen-bond donors (Lipinski definition) is 1. The van der Waals surface area contributed by atoms with Gasteiger partial charge in [0.05, 0.1) is 0 Å². The predicted octanol–water partition coefficient (Wildman–Crippen LogP) is 6.05. The van der Waals surface area contributed by atoms with E-state index in [1.54, 1.807) is 0 Å². The average molecular weight is 283 g/mol. The van der Waals surface area contributed by atoms with Crippen molar-refractivity contribution in [1.29, 1.82) is 0 Å². The Morgan fingerprint density at radius 1 is 0.545 bits per heavy atom. The summed E-state index contributed by atoms with van der Waals surface area (Å²) in [7, 11) is 0. The minimum Gasteiger partial charge on any atom is -0.355 e. The van der Waals surface area contributed by atoms with E-state index in [9.17, 15) is 0 Å². The molecule has 4 rings (SSSR count). The predicted molar refractivity (Wildman–Crippen MR) is 95.9 cm³/mol. The Kier molecular flexibility index (Phi) is 3.05. The minimum absolute atomic E-state index is 1.12. The van der Waals surface area contributed by atoms with E-state index in [-0.39, 0.29) is 0 Å². The fraction of sp³-hybridized carbons (Fsp3) is 0.0476. The van der Waals surface area contributed by atoms with Crippen molar-refractivity contribution in [2.75, 3.05) is 5.32 Å². The maximum Gasteiger partial charge on any atom is 0.0390 e. The Balaban J connectivity index is 1.72. The van der Waals surface area contributed by atoms with Crippen LogP contribution in [0, 0.1) is 6.92 Å². The van der Waals surface area contributed by atoms with Gasteiger partial charge in [-0.1, -0.05) is 60.2 Å². The zero-order chi connectivity index (χ0) is 14.9. The molecule has 0 radical (unpaired) electrons. The molecule has 4 aromatic rings. The molecule has 0 aliphatic heterocycles. The molecule has 106 valence electrons. The van der Waals surface area contributed by atoms with Crippen molar-refractivity contribution in [1.82, 2.24) is 0 Å². The third kappa shape index (κ3) is 2.42. The molecule has 1 nitrogen and oxygen atoms in total. The van der Waals surface area contributed by atoms with E-state index < -0.39 is 0 Å². The summed E-state index contributed by atoms with van der Waals surface area (Å²) in [5.74, 6) is 0. The highest BCUT2D eigenvalue weighted by Crippen LogP contribution is 2.25. The van der Waals surface area contributed by atoms with Crippen LogP contribution in [-0.4, -0.2) is 0 Å². The minimum atomic E-state index is 1.12. The molecular formula is C21H17N. The summed E-state index contributed by atoms with van der Waals surface area (Å²) in [6, 6.07) is 27.9. The van der Waals surface area contributed by atoms with Gasteiger partial charge >= 0.3 is 0 Å². The highest BCUT2D eigenvalue weighted by molar-refractivity contribution is 5.89. The highest BCUT2D eigenvalue weighted by Gasteiger charge is 2.00. The molecule has 0 aliphatic carbocycles. The molecule has 0 saturated heterocycles. The summed E-state index contributed by atoms with van der Waals surface area (Å²) in [5, 5.41) is 8.57. The molecule has 22 heavy (non-hydrogen) atoms. The van der Waals surface area contributed by atoms with Gasteiger partial charge < -0.3 is 5.32 Å². The Labute approximate surface area is 130 Å². The van der Waals surface area contributed by atoms with E-state index in [0.29, 0.717) is 0 Å². The van der Waals surface area contributed by atoms with Crippen LogP contribution in [0.3, 0.4) is 0 Å². The van der Waals surface area contributed by atoms with Gasteiger partial charge in [-0.15, -0.1) is 0 Å². The van der Waals surface area contributed by atoms with Gasteiger partial charge in [-0.2, -0.15) is 0 Å². The van der Waals surface area contributed by atoms with Crippen molar-refractivity contribution in [2.24, 2.45) is 0 Å². The Hall–Kier alpha value is -2.80. The Bertz CT molecular complexity index is 970. The van der Waals surface area contributed by atoms with Gasteiger partial charge in [0.2, 0.25) is 0 Å². The SMILES string of the molecule is Cc1ccc2ccc(Nc3ccc4ccccc4c3)cc2c1. The zero-order valence-electron chi connectivity index (χ0n) is 12.5. The largest absolute Gasteiger partial charge is 0.355 e. The fourth-order valence-corrected chi connectivity index (χ4v) is 2.88. The van der Waals surface area contributed by atoms with Crippen LogP contribution < -0.4 is 5.32 Å². The molecule has 4 aromatic carbocycles. The van der Waals surface area contributed by atoms with Gasteiger partial charge in [-0.3, -0.25) is 0 Å². The summed E-state index contributed by atoms with van der Waals surface area (Å²) in [6.45, 7) is 2.13. The number of aryl methyl sites for hydroxylation is 1. The lowest BCUT2D eigenvalue weighted by atomic mass is 10.1. The molecule has 0 amide bonds. The van der Waals surface area contributed by atoms with Gasteiger partial charge in [0.15, 0.2) is 0 Å². The van der Waals surface area contributed by atoms with Crippen LogP contribution in [0.1, 0.15) is 5.56 Å². The fourth-order valence-electron chi connectivity index (χ4n) is 2.88. The van der Waals surface area contributed by atoms with Crippen LogP contribution in [-0.2, 0) is 0 Å². The summed E-state index contributed by atoms with van der Waals surface area (Å²) < 4.78 is 0.